The van der Waals surface area contributed by atoms with Gasteiger partial charge in [-0.25, -0.2) is 0 Å². The lowest BCUT2D eigenvalue weighted by molar-refractivity contribution is 1.61. The molecule has 1 aromatic rings. The van der Waals surface area contributed by atoms with Crippen molar-refractivity contribution in [3.63, 3.8) is 0 Å². The van der Waals surface area contributed by atoms with Crippen LogP contribution in [0.3, 0.4) is 0 Å². The zero-order chi connectivity index (χ0) is 6.85. The molecular weight excluding hydrogens is 232 g/mol. The molecule has 0 N–H and O–H groups in total. The minimum absolute atomic E-state index is 0.504. The Kier molecular flexibility index (Phi) is 1.66. The van der Waals surface area contributed by atoms with Crippen molar-refractivity contribution in [3.8, 4) is 0 Å². The minimum Gasteiger partial charge on any atom is -0.0508 e. The van der Waals surface area contributed by atoms with Gasteiger partial charge >= 0.3 is 0 Å². The zero-order valence-corrected chi connectivity index (χ0v) is 7.16. The molecule has 0 fully saturated rings. The first-order valence-corrected chi connectivity index (χ1v) is 3.70. The largest absolute Gasteiger partial charge is 0.0635 e. The molecule has 0 nitrogen and oxygen atoms in total. The van der Waals surface area contributed by atoms with Gasteiger partial charge in [-0.05, 0) is 24.2 Å². The van der Waals surface area contributed by atoms with Crippen molar-refractivity contribution >= 4 is 31.9 Å². The highest BCUT2D eigenvalue weighted by Crippen LogP contribution is 2.13. The smallest absolute Gasteiger partial charge is 0.0508 e. The molecule has 0 bridgehead atoms. The first-order valence-electron chi connectivity index (χ1n) is 2.62. The quantitative estimate of drug-likeness (QED) is 0.649. The van der Waals surface area contributed by atoms with E-state index in [1.54, 1.807) is 6.07 Å². The molecule has 42 valence electrons. The molecule has 0 aromatic heterocycles. The Balaban J connectivity index is 3.17. The van der Waals surface area contributed by atoms with Crippen molar-refractivity contribution < 1.29 is 1.37 Å². The molecule has 0 saturated heterocycles. The van der Waals surface area contributed by atoms with Crippen LogP contribution >= 0.6 is 31.9 Å². The fourth-order valence-corrected chi connectivity index (χ4v) is 0.880. The number of hydrogen-bond donors (Lipinski definition) is 0. The van der Waals surface area contributed by atoms with Gasteiger partial charge in [-0.2, -0.15) is 0 Å². The number of halogens is 2. The normalized spacial score (nSPS) is 11.0. The monoisotopic (exact) mass is 235 g/mol. The molecule has 0 aliphatic rings. The van der Waals surface area contributed by atoms with E-state index in [1.807, 2.05) is 12.1 Å². The Hall–Kier alpha value is 0.180. The van der Waals surface area contributed by atoms with Crippen LogP contribution in [0.5, 0.6) is 0 Å². The highest BCUT2D eigenvalue weighted by atomic mass is 79.9. The molecule has 1 aromatic carbocycles. The second-order valence-electron chi connectivity index (χ2n) is 1.35. The molecule has 0 saturated carbocycles. The molecular formula is C6H4Br2. The van der Waals surface area contributed by atoms with E-state index in [1.165, 1.54) is 0 Å². The molecule has 0 spiro atoms. The molecule has 0 aliphatic carbocycles. The fourth-order valence-electron chi connectivity index (χ4n) is 0.387. The van der Waals surface area contributed by atoms with Crippen molar-refractivity contribution in [2.45, 2.75) is 0 Å². The first-order chi connectivity index (χ1) is 4.20. The van der Waals surface area contributed by atoms with E-state index in [0.29, 0.717) is 6.04 Å². The van der Waals surface area contributed by atoms with E-state index in [4.69, 9.17) is 1.37 Å². The molecule has 0 amide bonds. The summed E-state index contributed by atoms with van der Waals surface area (Å²) in [5, 5.41) is 0. The third-order valence-corrected chi connectivity index (χ3v) is 1.72. The minimum atomic E-state index is 0.504. The van der Waals surface area contributed by atoms with Crippen LogP contribution in [0.1, 0.15) is 1.37 Å². The van der Waals surface area contributed by atoms with Gasteiger partial charge in [0.05, 0.1) is 1.37 Å². The maximum atomic E-state index is 7.28. The van der Waals surface area contributed by atoms with E-state index >= 15 is 0 Å². The summed E-state index contributed by atoms with van der Waals surface area (Å²) < 4.78 is 9.05. The highest BCUT2D eigenvalue weighted by Gasteiger charge is 1.83. The molecule has 0 aliphatic heterocycles. The molecule has 0 radical (unpaired) electrons. The lowest BCUT2D eigenvalue weighted by Crippen LogP contribution is -1.61. The van der Waals surface area contributed by atoms with E-state index in [-0.39, 0.29) is 0 Å². The van der Waals surface area contributed by atoms with Gasteiger partial charge in [0.15, 0.2) is 0 Å². The summed E-state index contributed by atoms with van der Waals surface area (Å²) in [6, 6.07) is 5.97. The molecule has 1 rings (SSSR count). The van der Waals surface area contributed by atoms with Crippen LogP contribution in [0.2, 0.25) is 0 Å². The number of benzene rings is 1. The summed E-state index contributed by atoms with van der Waals surface area (Å²) in [5.41, 5.74) is 0. The van der Waals surface area contributed by atoms with Crippen molar-refractivity contribution in [3.05, 3.63) is 33.2 Å². The third-order valence-electron chi connectivity index (χ3n) is 0.737. The van der Waals surface area contributed by atoms with Crippen LogP contribution in [0.15, 0.2) is 33.2 Å². The predicted molar refractivity (Wildman–Crippen MR) is 41.8 cm³/mol. The maximum Gasteiger partial charge on any atom is 0.0635 e. The van der Waals surface area contributed by atoms with Gasteiger partial charge in [0, 0.05) is 8.95 Å². The summed E-state index contributed by atoms with van der Waals surface area (Å²) in [6.45, 7) is 0. The van der Waals surface area contributed by atoms with Crippen molar-refractivity contribution in [2.75, 3.05) is 0 Å². The lowest BCUT2D eigenvalue weighted by atomic mass is 10.4. The summed E-state index contributed by atoms with van der Waals surface area (Å²) in [6.07, 6.45) is 0. The van der Waals surface area contributed by atoms with Crippen LogP contribution in [0.4, 0.5) is 0 Å². The summed E-state index contributed by atoms with van der Waals surface area (Å²) in [7, 11) is 0. The van der Waals surface area contributed by atoms with Crippen LogP contribution in [0.25, 0.3) is 0 Å². The fraction of sp³-hybridized carbons (Fsp3) is 0. The molecule has 8 heavy (non-hydrogen) atoms. The molecule has 2 heteroatoms. The third kappa shape index (κ3) is 1.60. The van der Waals surface area contributed by atoms with E-state index in [0.717, 1.165) is 8.95 Å². The Morgan fingerprint density at radius 3 is 2.25 bits per heavy atom. The average Bonchev–Trinajstić information content (AvgIpc) is 1.80. The second-order valence-corrected chi connectivity index (χ2v) is 3.12. The second kappa shape index (κ2) is 2.65. The van der Waals surface area contributed by atoms with E-state index in [2.05, 4.69) is 31.9 Å². The predicted octanol–water partition coefficient (Wildman–Crippen LogP) is 3.21. The number of hydrogen-bond acceptors (Lipinski definition) is 0. The van der Waals surface area contributed by atoms with E-state index in [9.17, 15) is 0 Å². The molecule has 0 unspecified atom stereocenters. The van der Waals surface area contributed by atoms with Gasteiger partial charge in [-0.3, -0.25) is 0 Å². The summed E-state index contributed by atoms with van der Waals surface area (Å²) in [5.74, 6) is 0. The van der Waals surface area contributed by atoms with Crippen LogP contribution in [-0.4, -0.2) is 0 Å². The van der Waals surface area contributed by atoms with Crippen LogP contribution < -0.4 is 0 Å². The Morgan fingerprint density at radius 2 is 1.75 bits per heavy atom. The molecule has 0 heterocycles. The topological polar surface area (TPSA) is 0 Å². The average molecular weight is 237 g/mol. The summed E-state index contributed by atoms with van der Waals surface area (Å²) >= 11 is 6.48. The van der Waals surface area contributed by atoms with Crippen molar-refractivity contribution in [1.29, 1.82) is 0 Å². The lowest BCUT2D eigenvalue weighted by Gasteiger charge is -1.86. The Bertz CT molecular complexity index is 222. The zero-order valence-electron chi connectivity index (χ0n) is 4.99. The van der Waals surface area contributed by atoms with E-state index < -0.39 is 0 Å². The first kappa shape index (κ1) is 5.00. The van der Waals surface area contributed by atoms with Gasteiger partial charge < -0.3 is 0 Å². The summed E-state index contributed by atoms with van der Waals surface area (Å²) in [4.78, 5) is 0. The Labute approximate surface area is 66.6 Å². The van der Waals surface area contributed by atoms with Gasteiger partial charge in [0.2, 0.25) is 0 Å². The van der Waals surface area contributed by atoms with Gasteiger partial charge in [-0.15, -0.1) is 0 Å². The van der Waals surface area contributed by atoms with Crippen LogP contribution in [0, 0.1) is 0 Å². The van der Waals surface area contributed by atoms with Crippen molar-refractivity contribution in [2.24, 2.45) is 0 Å². The van der Waals surface area contributed by atoms with Crippen molar-refractivity contribution in [1.82, 2.24) is 0 Å². The van der Waals surface area contributed by atoms with Gasteiger partial charge in [0.1, 0.15) is 0 Å². The molecule has 0 atom stereocenters. The van der Waals surface area contributed by atoms with Crippen LogP contribution in [-0.2, 0) is 0 Å². The Morgan fingerprint density at radius 1 is 1.12 bits per heavy atom. The van der Waals surface area contributed by atoms with Gasteiger partial charge in [0.25, 0.3) is 0 Å². The highest BCUT2D eigenvalue weighted by molar-refractivity contribution is 9.11. The standard InChI is InChI=1S/C6H4Br2/c7-5-1-2-6(8)4-3-5/h1-4H/i1D. The SMILES string of the molecule is [2H]c1cc(Br)ccc1Br. The maximum absolute atomic E-state index is 7.28. The number of rotatable bonds is 0. The van der Waals surface area contributed by atoms with Gasteiger partial charge in [-0.1, -0.05) is 31.9 Å².